The summed E-state index contributed by atoms with van der Waals surface area (Å²) in [4.78, 5) is 29.0. The minimum atomic E-state index is -0.158. The Labute approximate surface area is 150 Å². The number of nitrogens with zero attached hydrogens (tertiary/aromatic N) is 1. The fourth-order valence-electron chi connectivity index (χ4n) is 3.16. The van der Waals surface area contributed by atoms with Gasteiger partial charge in [0.2, 0.25) is 0 Å². The number of morpholine rings is 1. The van der Waals surface area contributed by atoms with Gasteiger partial charge < -0.3 is 29.4 Å². The van der Waals surface area contributed by atoms with Crippen LogP contribution < -0.4 is 20.3 Å². The van der Waals surface area contributed by atoms with Crippen molar-refractivity contribution in [2.75, 3.05) is 46.1 Å². The number of carbonyl (C=O) groups is 1. The molecule has 8 heteroatoms. The van der Waals surface area contributed by atoms with Crippen molar-refractivity contribution in [1.29, 1.82) is 0 Å². The van der Waals surface area contributed by atoms with E-state index in [0.29, 0.717) is 75.1 Å². The van der Waals surface area contributed by atoms with Crippen molar-refractivity contribution in [2.24, 2.45) is 0 Å². The molecule has 0 saturated carbocycles. The van der Waals surface area contributed by atoms with Crippen LogP contribution in [0.25, 0.3) is 10.9 Å². The highest BCUT2D eigenvalue weighted by molar-refractivity contribution is 5.83. The molecular weight excluding hydrogens is 338 g/mol. The molecule has 1 fully saturated rings. The van der Waals surface area contributed by atoms with Crippen LogP contribution in [0.1, 0.15) is 5.56 Å². The molecule has 2 aliphatic rings. The molecule has 26 heavy (non-hydrogen) atoms. The summed E-state index contributed by atoms with van der Waals surface area (Å²) in [6.45, 7) is 3.73. The molecule has 2 aliphatic heterocycles. The monoisotopic (exact) mass is 359 g/mol. The second kappa shape index (κ2) is 7.25. The Hall–Kier alpha value is -2.74. The maximum Gasteiger partial charge on any atom is 0.317 e. The average Bonchev–Trinajstić information content (AvgIpc) is 2.67. The van der Waals surface area contributed by atoms with E-state index in [1.807, 2.05) is 12.1 Å². The zero-order valence-electron chi connectivity index (χ0n) is 14.4. The van der Waals surface area contributed by atoms with E-state index in [-0.39, 0.29) is 11.6 Å². The SMILES string of the molecule is O=C(NCCc1cc2cc3c(cc2[nH]c1=O)OCCO3)N1CCOCC1. The highest BCUT2D eigenvalue weighted by Crippen LogP contribution is 2.33. The van der Waals surface area contributed by atoms with Gasteiger partial charge in [-0.15, -0.1) is 0 Å². The third-order valence-electron chi connectivity index (χ3n) is 4.55. The van der Waals surface area contributed by atoms with E-state index < -0.39 is 0 Å². The van der Waals surface area contributed by atoms with E-state index in [9.17, 15) is 9.59 Å². The van der Waals surface area contributed by atoms with E-state index in [2.05, 4.69) is 10.3 Å². The molecule has 1 aromatic heterocycles. The van der Waals surface area contributed by atoms with Crippen LogP contribution in [0.5, 0.6) is 11.5 Å². The van der Waals surface area contributed by atoms with Gasteiger partial charge >= 0.3 is 6.03 Å². The first-order chi connectivity index (χ1) is 12.7. The number of benzene rings is 1. The predicted octanol–water partition coefficient (Wildman–Crippen LogP) is 0.884. The molecule has 0 radical (unpaired) electrons. The number of urea groups is 1. The van der Waals surface area contributed by atoms with Gasteiger partial charge in [-0.1, -0.05) is 0 Å². The van der Waals surface area contributed by atoms with Gasteiger partial charge in [0.15, 0.2) is 11.5 Å². The molecule has 138 valence electrons. The van der Waals surface area contributed by atoms with Crippen LogP contribution in [-0.2, 0) is 11.2 Å². The first kappa shape index (κ1) is 16.7. The molecular formula is C18H21N3O5. The summed E-state index contributed by atoms with van der Waals surface area (Å²) >= 11 is 0. The Kier molecular flexibility index (Phi) is 4.66. The summed E-state index contributed by atoms with van der Waals surface area (Å²) in [6, 6.07) is 5.38. The largest absolute Gasteiger partial charge is 0.486 e. The Balaban J connectivity index is 1.45. The zero-order chi connectivity index (χ0) is 17.9. The Morgan fingerprint density at radius 1 is 1.08 bits per heavy atom. The summed E-state index contributed by atoms with van der Waals surface area (Å²) in [5.74, 6) is 1.33. The van der Waals surface area contributed by atoms with E-state index in [1.165, 1.54) is 0 Å². The fourth-order valence-corrected chi connectivity index (χ4v) is 3.16. The number of aromatic nitrogens is 1. The molecule has 3 heterocycles. The van der Waals surface area contributed by atoms with Gasteiger partial charge in [0.25, 0.3) is 5.56 Å². The third-order valence-corrected chi connectivity index (χ3v) is 4.55. The number of fused-ring (bicyclic) bond motifs is 2. The molecule has 0 bridgehead atoms. The Morgan fingerprint density at radius 2 is 1.81 bits per heavy atom. The van der Waals surface area contributed by atoms with Gasteiger partial charge in [-0.05, 0) is 18.6 Å². The van der Waals surface area contributed by atoms with Gasteiger partial charge in [-0.25, -0.2) is 4.79 Å². The van der Waals surface area contributed by atoms with E-state index >= 15 is 0 Å². The van der Waals surface area contributed by atoms with Gasteiger partial charge in [0, 0.05) is 36.7 Å². The van der Waals surface area contributed by atoms with E-state index in [4.69, 9.17) is 14.2 Å². The summed E-state index contributed by atoms with van der Waals surface area (Å²) in [7, 11) is 0. The van der Waals surface area contributed by atoms with Crippen LogP contribution in [0.3, 0.4) is 0 Å². The van der Waals surface area contributed by atoms with Gasteiger partial charge in [0.05, 0.1) is 18.7 Å². The van der Waals surface area contributed by atoms with Gasteiger partial charge in [-0.3, -0.25) is 4.79 Å². The standard InChI is InChI=1S/C18H21N3O5/c22-17-12(1-2-19-18(23)21-3-5-24-6-4-21)9-13-10-15-16(11-14(13)20-17)26-8-7-25-15/h9-11H,1-8H2,(H,19,23)(H,20,22). The van der Waals surface area contributed by atoms with E-state index in [1.54, 1.807) is 11.0 Å². The molecule has 2 aromatic rings. The summed E-state index contributed by atoms with van der Waals surface area (Å²) in [6.07, 6.45) is 0.454. The molecule has 8 nitrogen and oxygen atoms in total. The minimum absolute atomic E-state index is 0.120. The third kappa shape index (κ3) is 3.45. The van der Waals surface area contributed by atoms with Crippen LogP contribution in [0.15, 0.2) is 23.0 Å². The van der Waals surface area contributed by atoms with Crippen molar-refractivity contribution in [3.63, 3.8) is 0 Å². The number of hydrogen-bond donors (Lipinski definition) is 2. The number of pyridine rings is 1. The summed E-state index contributed by atoms with van der Waals surface area (Å²) < 4.78 is 16.4. The molecule has 0 aliphatic carbocycles. The lowest BCUT2D eigenvalue weighted by Crippen LogP contribution is -2.46. The fraction of sp³-hybridized carbons (Fsp3) is 0.444. The van der Waals surface area contributed by atoms with Crippen LogP contribution in [-0.4, -0.2) is 62.0 Å². The van der Waals surface area contributed by atoms with Crippen LogP contribution in [0.2, 0.25) is 0 Å². The molecule has 0 unspecified atom stereocenters. The van der Waals surface area contributed by atoms with Crippen LogP contribution in [0.4, 0.5) is 4.79 Å². The zero-order valence-corrected chi connectivity index (χ0v) is 14.4. The number of hydrogen-bond acceptors (Lipinski definition) is 5. The number of rotatable bonds is 3. The molecule has 4 rings (SSSR count). The molecule has 2 N–H and O–H groups in total. The van der Waals surface area contributed by atoms with Gasteiger partial charge in [0.1, 0.15) is 13.2 Å². The van der Waals surface area contributed by atoms with Crippen molar-refractivity contribution >= 4 is 16.9 Å². The van der Waals surface area contributed by atoms with Crippen molar-refractivity contribution in [3.05, 3.63) is 34.1 Å². The molecule has 1 saturated heterocycles. The molecule has 2 amide bonds. The average molecular weight is 359 g/mol. The second-order valence-electron chi connectivity index (χ2n) is 6.29. The lowest BCUT2D eigenvalue weighted by molar-refractivity contribution is 0.0533. The Morgan fingerprint density at radius 3 is 2.58 bits per heavy atom. The predicted molar refractivity (Wildman–Crippen MR) is 95.1 cm³/mol. The number of ether oxygens (including phenoxy) is 3. The Bertz CT molecular complexity index is 873. The van der Waals surface area contributed by atoms with Crippen LogP contribution in [0, 0.1) is 0 Å². The van der Waals surface area contributed by atoms with E-state index in [0.717, 1.165) is 5.39 Å². The first-order valence-corrected chi connectivity index (χ1v) is 8.77. The van der Waals surface area contributed by atoms with Crippen molar-refractivity contribution < 1.29 is 19.0 Å². The lowest BCUT2D eigenvalue weighted by atomic mass is 10.1. The normalized spacial score (nSPS) is 16.5. The van der Waals surface area contributed by atoms with Gasteiger partial charge in [-0.2, -0.15) is 0 Å². The lowest BCUT2D eigenvalue weighted by Gasteiger charge is -2.26. The number of nitrogens with one attached hydrogen (secondary N) is 2. The number of amides is 2. The second-order valence-corrected chi connectivity index (χ2v) is 6.29. The highest BCUT2D eigenvalue weighted by Gasteiger charge is 2.17. The van der Waals surface area contributed by atoms with Crippen molar-refractivity contribution in [3.8, 4) is 11.5 Å². The smallest absolute Gasteiger partial charge is 0.317 e. The number of carbonyl (C=O) groups excluding carboxylic acids is 1. The highest BCUT2D eigenvalue weighted by atomic mass is 16.6. The first-order valence-electron chi connectivity index (χ1n) is 8.77. The molecule has 1 aromatic carbocycles. The topological polar surface area (TPSA) is 92.9 Å². The summed E-state index contributed by atoms with van der Waals surface area (Å²) in [5, 5.41) is 3.74. The van der Waals surface area contributed by atoms with Crippen LogP contribution >= 0.6 is 0 Å². The maximum absolute atomic E-state index is 12.3. The van der Waals surface area contributed by atoms with Crippen molar-refractivity contribution in [2.45, 2.75) is 6.42 Å². The molecule has 0 atom stereocenters. The quantitative estimate of drug-likeness (QED) is 0.849. The summed E-state index contributed by atoms with van der Waals surface area (Å²) in [5.41, 5.74) is 1.17. The van der Waals surface area contributed by atoms with Crippen molar-refractivity contribution in [1.82, 2.24) is 15.2 Å². The molecule has 0 spiro atoms. The maximum atomic E-state index is 12.3. The number of H-pyrrole nitrogens is 1. The minimum Gasteiger partial charge on any atom is -0.486 e. The number of aromatic amines is 1.